The molecular formula is CH5NO2SY-2. The fourth-order valence-electron chi connectivity index (χ4n) is 0. The molecule has 0 aromatic rings. The van der Waals surface area contributed by atoms with E-state index in [1.165, 1.54) is 0 Å². The van der Waals surface area contributed by atoms with Crippen LogP contribution < -0.4 is 5.14 Å². The van der Waals surface area contributed by atoms with E-state index >= 15 is 0 Å². The molecule has 0 amide bonds. The Morgan fingerprint density at radius 3 is 1.67 bits per heavy atom. The minimum Gasteiger partial charge on any atom is -0.760 e. The topological polar surface area (TPSA) is 66.2 Å². The first-order valence-electron chi connectivity index (χ1n) is 0.569. The molecule has 0 bridgehead atoms. The molecule has 0 saturated carbocycles. The summed E-state index contributed by atoms with van der Waals surface area (Å²) in [5.41, 5.74) is 0. The van der Waals surface area contributed by atoms with Crippen molar-refractivity contribution in [2.75, 3.05) is 0 Å². The zero-order chi connectivity index (χ0) is 3.58. The monoisotopic (exact) mass is 184 g/mol. The summed E-state index contributed by atoms with van der Waals surface area (Å²) in [6, 6.07) is 0. The Hall–Kier alpha value is 1.17. The molecule has 1 unspecified atom stereocenters. The third-order valence-electron chi connectivity index (χ3n) is 0. The van der Waals surface area contributed by atoms with Crippen LogP contribution in [0.2, 0.25) is 0 Å². The van der Waals surface area contributed by atoms with Gasteiger partial charge in [0.05, 0.1) is 0 Å². The van der Waals surface area contributed by atoms with Gasteiger partial charge in [-0.05, 0) is 0 Å². The zero-order valence-corrected chi connectivity index (χ0v) is 7.03. The fraction of sp³-hybridized carbons (Fsp3) is 0. The van der Waals surface area contributed by atoms with Gasteiger partial charge in [0, 0.05) is 44.0 Å². The Bertz CT molecular complexity index is 36.5. The van der Waals surface area contributed by atoms with E-state index in [-0.39, 0.29) is 40.1 Å². The molecule has 0 aliphatic carbocycles. The van der Waals surface area contributed by atoms with E-state index in [2.05, 4.69) is 5.14 Å². The fourth-order valence-corrected chi connectivity index (χ4v) is 0. The third kappa shape index (κ3) is 65.4. The average Bonchev–Trinajstić information content (AvgIpc) is 0.811. The van der Waals surface area contributed by atoms with E-state index in [0.29, 0.717) is 0 Å². The first-order valence-corrected chi connectivity index (χ1v) is 1.71. The second kappa shape index (κ2) is 9.49. The molecule has 1 atom stereocenters. The van der Waals surface area contributed by atoms with Crippen molar-refractivity contribution < 1.29 is 41.5 Å². The Morgan fingerprint density at radius 1 is 1.67 bits per heavy atom. The van der Waals surface area contributed by atoms with Gasteiger partial charge in [-0.25, -0.2) is 0 Å². The summed E-state index contributed by atoms with van der Waals surface area (Å²) in [6.45, 7) is 0. The maximum atomic E-state index is 8.78. The molecule has 0 heterocycles. The van der Waals surface area contributed by atoms with Crippen LogP contribution in [0, 0.1) is 7.43 Å². The van der Waals surface area contributed by atoms with Crippen LogP contribution in [0.25, 0.3) is 0 Å². The summed E-state index contributed by atoms with van der Waals surface area (Å²) in [4.78, 5) is 0. The van der Waals surface area contributed by atoms with Crippen LogP contribution in [0.5, 0.6) is 0 Å². The van der Waals surface area contributed by atoms with Crippen molar-refractivity contribution in [2.24, 2.45) is 5.14 Å². The van der Waals surface area contributed by atoms with Crippen LogP contribution in [0.3, 0.4) is 0 Å². The van der Waals surface area contributed by atoms with Gasteiger partial charge in [-0.15, -0.1) is 0 Å². The molecule has 0 saturated heterocycles. The number of hydrogen-bond acceptors (Lipinski definition) is 2. The van der Waals surface area contributed by atoms with Gasteiger partial charge in [0.25, 0.3) is 0 Å². The summed E-state index contributed by atoms with van der Waals surface area (Å²) in [5.74, 6) is 0. The molecule has 0 aromatic carbocycles. The average molecular weight is 184 g/mol. The van der Waals surface area contributed by atoms with Crippen LogP contribution >= 0.6 is 0 Å². The first kappa shape index (κ1) is 15.7. The SMILES string of the molecule is NS(=O)[O-].[CH3-].[Y]. The molecule has 6 heavy (non-hydrogen) atoms. The Morgan fingerprint density at radius 2 is 1.67 bits per heavy atom. The maximum absolute atomic E-state index is 8.78. The van der Waals surface area contributed by atoms with Crippen molar-refractivity contribution >= 4 is 11.3 Å². The molecule has 1 radical (unpaired) electrons. The van der Waals surface area contributed by atoms with Gasteiger partial charge < -0.3 is 12.0 Å². The maximum Gasteiger partial charge on any atom is 0.0152 e. The molecule has 0 fully saturated rings. The van der Waals surface area contributed by atoms with Gasteiger partial charge in [-0.2, -0.15) is 0 Å². The van der Waals surface area contributed by atoms with Crippen molar-refractivity contribution in [3.63, 3.8) is 0 Å². The van der Waals surface area contributed by atoms with Crippen LogP contribution in [0.15, 0.2) is 0 Å². The molecule has 0 aliphatic rings. The van der Waals surface area contributed by atoms with Gasteiger partial charge in [-0.1, -0.05) is 0 Å². The second-order valence-electron chi connectivity index (χ2n) is 0.260. The van der Waals surface area contributed by atoms with Gasteiger partial charge in [-0.3, -0.25) is 9.35 Å². The predicted octanol–water partition coefficient (Wildman–Crippen LogP) is -0.813. The van der Waals surface area contributed by atoms with Crippen molar-refractivity contribution in [1.29, 1.82) is 0 Å². The Kier molecular flexibility index (Phi) is 24.8. The van der Waals surface area contributed by atoms with E-state index in [4.69, 9.17) is 8.76 Å². The van der Waals surface area contributed by atoms with Crippen molar-refractivity contribution in [3.8, 4) is 0 Å². The van der Waals surface area contributed by atoms with E-state index in [1.54, 1.807) is 0 Å². The quantitative estimate of drug-likeness (QED) is 0.395. The molecule has 0 spiro atoms. The second-order valence-corrected chi connectivity index (χ2v) is 0.781. The molecule has 5 heteroatoms. The smallest absolute Gasteiger partial charge is 0.0152 e. The molecule has 0 rings (SSSR count). The van der Waals surface area contributed by atoms with E-state index < -0.39 is 11.3 Å². The molecule has 3 nitrogen and oxygen atoms in total. The van der Waals surface area contributed by atoms with E-state index in [0.717, 1.165) is 0 Å². The van der Waals surface area contributed by atoms with Crippen LogP contribution in [0.4, 0.5) is 0 Å². The van der Waals surface area contributed by atoms with Gasteiger partial charge in [0.2, 0.25) is 0 Å². The number of hydrogen-bond donors (Lipinski definition) is 1. The summed E-state index contributed by atoms with van der Waals surface area (Å²) in [6.07, 6.45) is 0. The minimum absolute atomic E-state index is 0. The minimum atomic E-state index is -2.36. The normalized spacial score (nSPS) is 10.3. The third-order valence-corrected chi connectivity index (χ3v) is 0. The Labute approximate surface area is 65.0 Å². The Balaban J connectivity index is -0.0000000450. The van der Waals surface area contributed by atoms with Gasteiger partial charge in [0.15, 0.2) is 0 Å². The van der Waals surface area contributed by atoms with Crippen LogP contribution in [0.1, 0.15) is 0 Å². The number of rotatable bonds is 0. The molecule has 2 N–H and O–H groups in total. The van der Waals surface area contributed by atoms with Crippen LogP contribution in [-0.2, 0) is 44.0 Å². The zero-order valence-electron chi connectivity index (χ0n) is 3.38. The van der Waals surface area contributed by atoms with Gasteiger partial charge in [0.1, 0.15) is 0 Å². The van der Waals surface area contributed by atoms with Gasteiger partial charge >= 0.3 is 0 Å². The van der Waals surface area contributed by atoms with Crippen molar-refractivity contribution in [1.82, 2.24) is 0 Å². The predicted molar refractivity (Wildman–Crippen MR) is 19.5 cm³/mol. The number of nitrogens with two attached hydrogens (primary N) is 1. The van der Waals surface area contributed by atoms with E-state index in [9.17, 15) is 0 Å². The van der Waals surface area contributed by atoms with Crippen molar-refractivity contribution in [3.05, 3.63) is 7.43 Å². The summed E-state index contributed by atoms with van der Waals surface area (Å²) in [5, 5.41) is 4.03. The summed E-state index contributed by atoms with van der Waals surface area (Å²) >= 11 is -2.36. The standard InChI is InChI=1S/CH3.H3NO2S.Y/c;1-4(2)3;/h1H3;1H2,(H,2,3);/q-1;;/p-1. The largest absolute Gasteiger partial charge is 0.760 e. The summed E-state index contributed by atoms with van der Waals surface area (Å²) in [7, 11) is 0. The molecular weight excluding hydrogens is 179 g/mol. The van der Waals surface area contributed by atoms with E-state index in [1.807, 2.05) is 0 Å². The molecule has 37 valence electrons. The van der Waals surface area contributed by atoms with Crippen molar-refractivity contribution in [2.45, 2.75) is 0 Å². The first-order chi connectivity index (χ1) is 1.73. The molecule has 0 aliphatic heterocycles. The van der Waals surface area contributed by atoms with Crippen LogP contribution in [-0.4, -0.2) is 8.76 Å². The summed E-state index contributed by atoms with van der Waals surface area (Å²) < 4.78 is 17.6. The molecule has 0 aromatic heterocycles.